The first-order valence-corrected chi connectivity index (χ1v) is 8.10. The van der Waals surface area contributed by atoms with Crippen LogP contribution in [0.1, 0.15) is 36.0 Å². The number of nitrogens with zero attached hydrogens (tertiary/aromatic N) is 1. The summed E-state index contributed by atoms with van der Waals surface area (Å²) < 4.78 is 0.749. The minimum absolute atomic E-state index is 0.0285. The van der Waals surface area contributed by atoms with Crippen LogP contribution in [0.5, 0.6) is 5.75 Å². The van der Waals surface area contributed by atoms with E-state index in [2.05, 4.69) is 0 Å². The third kappa shape index (κ3) is 3.54. The molecule has 0 aromatic heterocycles. The number of alkyl halides is 1. The fourth-order valence-corrected chi connectivity index (χ4v) is 3.09. The molecular formula is C14H17ClINO2. The van der Waals surface area contributed by atoms with Crippen LogP contribution in [-0.4, -0.2) is 34.4 Å². The van der Waals surface area contributed by atoms with Crippen LogP contribution in [0, 0.1) is 3.57 Å². The maximum absolute atomic E-state index is 12.5. The second-order valence-corrected chi connectivity index (χ2v) is 6.33. The number of phenolic OH excluding ortho intramolecular Hbond substituents is 1. The summed E-state index contributed by atoms with van der Waals surface area (Å²) in [4.78, 5) is 14.4. The first kappa shape index (κ1) is 14.9. The summed E-state index contributed by atoms with van der Waals surface area (Å²) in [5.74, 6) is 0.571. The van der Waals surface area contributed by atoms with Gasteiger partial charge in [0.15, 0.2) is 0 Å². The normalized spacial score (nSPS) is 15.7. The summed E-state index contributed by atoms with van der Waals surface area (Å²) in [5.41, 5.74) is 0.537. The van der Waals surface area contributed by atoms with Gasteiger partial charge in [-0.1, -0.05) is 12.8 Å². The van der Waals surface area contributed by atoms with Crippen LogP contribution in [-0.2, 0) is 0 Å². The maximum Gasteiger partial charge on any atom is 0.254 e. The van der Waals surface area contributed by atoms with Gasteiger partial charge in [-0.25, -0.2) is 0 Å². The van der Waals surface area contributed by atoms with Crippen molar-refractivity contribution in [2.24, 2.45) is 0 Å². The first-order chi connectivity index (χ1) is 9.13. The number of phenols is 1. The minimum atomic E-state index is -0.0285. The molecule has 0 spiro atoms. The molecule has 2 rings (SSSR count). The number of rotatable bonds is 4. The average Bonchev–Trinajstić information content (AvgIpc) is 2.92. The molecule has 1 aliphatic carbocycles. The monoisotopic (exact) mass is 393 g/mol. The molecule has 5 heteroatoms. The number of halogens is 2. The Bertz CT molecular complexity index is 461. The van der Waals surface area contributed by atoms with E-state index in [1.165, 1.54) is 12.8 Å². The smallest absolute Gasteiger partial charge is 0.254 e. The molecule has 104 valence electrons. The summed E-state index contributed by atoms with van der Waals surface area (Å²) in [6.45, 7) is 0.567. The molecule has 1 fully saturated rings. The van der Waals surface area contributed by atoms with Crippen molar-refractivity contribution in [3.8, 4) is 5.75 Å². The molecular weight excluding hydrogens is 377 g/mol. The van der Waals surface area contributed by atoms with Gasteiger partial charge >= 0.3 is 0 Å². The summed E-state index contributed by atoms with van der Waals surface area (Å²) in [6, 6.07) is 5.37. The van der Waals surface area contributed by atoms with Crippen molar-refractivity contribution >= 4 is 40.1 Å². The summed E-state index contributed by atoms with van der Waals surface area (Å²) in [5, 5.41) is 9.72. The lowest BCUT2D eigenvalue weighted by Crippen LogP contribution is -2.40. The number of aromatic hydroxyl groups is 1. The van der Waals surface area contributed by atoms with E-state index in [1.54, 1.807) is 18.2 Å². The van der Waals surface area contributed by atoms with E-state index >= 15 is 0 Å². The largest absolute Gasteiger partial charge is 0.507 e. The van der Waals surface area contributed by atoms with E-state index in [9.17, 15) is 9.90 Å². The highest BCUT2D eigenvalue weighted by Gasteiger charge is 2.27. The molecule has 19 heavy (non-hydrogen) atoms. The number of carbonyl (C=O) groups excluding carboxylic acids is 1. The third-order valence-corrected chi connectivity index (χ3v) is 4.63. The van der Waals surface area contributed by atoms with Crippen LogP contribution >= 0.6 is 34.2 Å². The van der Waals surface area contributed by atoms with Crippen LogP contribution in [0.15, 0.2) is 18.2 Å². The van der Waals surface area contributed by atoms with Gasteiger partial charge in [-0.15, -0.1) is 11.6 Å². The second kappa shape index (κ2) is 6.79. The van der Waals surface area contributed by atoms with Gasteiger partial charge in [0.1, 0.15) is 5.75 Å². The molecule has 3 nitrogen and oxygen atoms in total. The quantitative estimate of drug-likeness (QED) is 0.627. The van der Waals surface area contributed by atoms with E-state index in [1.807, 2.05) is 27.5 Å². The summed E-state index contributed by atoms with van der Waals surface area (Å²) >= 11 is 7.86. The maximum atomic E-state index is 12.5. The molecule has 1 aliphatic rings. The lowest BCUT2D eigenvalue weighted by Gasteiger charge is -2.28. The molecule has 1 saturated carbocycles. The fourth-order valence-electron chi connectivity index (χ4n) is 2.57. The van der Waals surface area contributed by atoms with Crippen LogP contribution in [0.25, 0.3) is 0 Å². The Morgan fingerprint density at radius 3 is 2.68 bits per heavy atom. The van der Waals surface area contributed by atoms with Crippen molar-refractivity contribution in [3.63, 3.8) is 0 Å². The summed E-state index contributed by atoms with van der Waals surface area (Å²) in [7, 11) is 0. The van der Waals surface area contributed by atoms with Crippen molar-refractivity contribution in [2.75, 3.05) is 12.4 Å². The Hall–Kier alpha value is -0.490. The van der Waals surface area contributed by atoms with Crippen LogP contribution in [0.4, 0.5) is 0 Å². The molecule has 0 heterocycles. The average molecular weight is 394 g/mol. The molecule has 0 atom stereocenters. The van der Waals surface area contributed by atoms with Crippen LogP contribution in [0.2, 0.25) is 0 Å². The number of carbonyl (C=O) groups is 1. The molecule has 1 aromatic rings. The van der Waals surface area contributed by atoms with E-state index in [0.717, 1.165) is 16.4 Å². The standard InChI is InChI=1S/C14H17ClINO2/c15-7-8-17(11-3-1-2-4-11)14(19)10-5-6-12(16)13(18)9-10/h5-6,9,11,18H,1-4,7-8H2. The van der Waals surface area contributed by atoms with Crippen molar-refractivity contribution in [1.29, 1.82) is 0 Å². The minimum Gasteiger partial charge on any atom is -0.507 e. The molecule has 0 aliphatic heterocycles. The number of hydrogen-bond acceptors (Lipinski definition) is 2. The van der Waals surface area contributed by atoms with Gasteiger partial charge in [0.05, 0.1) is 3.57 Å². The molecule has 0 unspecified atom stereocenters. The van der Waals surface area contributed by atoms with Gasteiger partial charge in [-0.3, -0.25) is 4.79 Å². The highest BCUT2D eigenvalue weighted by atomic mass is 127. The Morgan fingerprint density at radius 2 is 2.11 bits per heavy atom. The Kier molecular flexibility index (Phi) is 5.33. The highest BCUT2D eigenvalue weighted by Crippen LogP contribution is 2.26. The zero-order valence-electron chi connectivity index (χ0n) is 10.6. The van der Waals surface area contributed by atoms with Crippen molar-refractivity contribution in [3.05, 3.63) is 27.3 Å². The van der Waals surface area contributed by atoms with Gasteiger partial charge in [0.2, 0.25) is 0 Å². The van der Waals surface area contributed by atoms with Gasteiger partial charge in [0.25, 0.3) is 5.91 Å². The predicted molar refractivity (Wildman–Crippen MR) is 84.8 cm³/mol. The lowest BCUT2D eigenvalue weighted by atomic mass is 10.1. The topological polar surface area (TPSA) is 40.5 Å². The molecule has 1 N–H and O–H groups in total. The zero-order valence-corrected chi connectivity index (χ0v) is 13.5. The fraction of sp³-hybridized carbons (Fsp3) is 0.500. The van der Waals surface area contributed by atoms with Gasteiger partial charge in [-0.2, -0.15) is 0 Å². The molecule has 0 bridgehead atoms. The Labute approximate surface area is 132 Å². The van der Waals surface area contributed by atoms with Gasteiger partial charge in [-0.05, 0) is 53.6 Å². The number of hydrogen-bond donors (Lipinski definition) is 1. The van der Waals surface area contributed by atoms with Crippen molar-refractivity contribution < 1.29 is 9.90 Å². The van der Waals surface area contributed by atoms with Crippen molar-refractivity contribution in [2.45, 2.75) is 31.7 Å². The SMILES string of the molecule is O=C(c1ccc(I)c(O)c1)N(CCCl)C1CCCC1. The van der Waals surface area contributed by atoms with Crippen molar-refractivity contribution in [1.82, 2.24) is 4.90 Å². The zero-order chi connectivity index (χ0) is 13.8. The van der Waals surface area contributed by atoms with E-state index in [0.29, 0.717) is 24.0 Å². The van der Waals surface area contributed by atoms with E-state index in [-0.39, 0.29) is 11.7 Å². The first-order valence-electron chi connectivity index (χ1n) is 6.49. The number of amides is 1. The second-order valence-electron chi connectivity index (χ2n) is 4.79. The van der Waals surface area contributed by atoms with Gasteiger partial charge < -0.3 is 10.0 Å². The molecule has 1 aromatic carbocycles. The molecule has 1 amide bonds. The molecule has 0 radical (unpaired) electrons. The van der Waals surface area contributed by atoms with Gasteiger partial charge in [0, 0.05) is 24.0 Å². The Balaban J connectivity index is 2.20. The highest BCUT2D eigenvalue weighted by molar-refractivity contribution is 14.1. The molecule has 0 saturated heterocycles. The van der Waals surface area contributed by atoms with Crippen LogP contribution < -0.4 is 0 Å². The van der Waals surface area contributed by atoms with E-state index < -0.39 is 0 Å². The Morgan fingerprint density at radius 1 is 1.42 bits per heavy atom. The third-order valence-electron chi connectivity index (χ3n) is 3.54. The predicted octanol–water partition coefficient (Wildman–Crippen LogP) is 3.62. The van der Waals surface area contributed by atoms with E-state index in [4.69, 9.17) is 11.6 Å². The number of benzene rings is 1. The van der Waals surface area contributed by atoms with Crippen LogP contribution in [0.3, 0.4) is 0 Å². The summed E-state index contributed by atoms with van der Waals surface area (Å²) in [6.07, 6.45) is 4.46. The lowest BCUT2D eigenvalue weighted by molar-refractivity contribution is 0.0694.